The second-order valence-corrected chi connectivity index (χ2v) is 13.1. The minimum absolute atomic E-state index is 0.0154. The molecule has 0 saturated carbocycles. The topological polar surface area (TPSA) is 87.2 Å². The SMILES string of the molecule is C=CCCOC(=O)[C@H]1[C@@H]2SC3(CC2Br)C(C(=O)N(CC=C)CCCCC)N([C@@H](CO)C(C)C)C(=O)[C@H]13. The second kappa shape index (κ2) is 12.5. The van der Waals surface area contributed by atoms with Crippen LogP contribution < -0.4 is 0 Å². The summed E-state index contributed by atoms with van der Waals surface area (Å²) in [5.74, 6) is -2.06. The van der Waals surface area contributed by atoms with E-state index in [1.54, 1.807) is 33.7 Å². The number of alkyl halides is 1. The lowest BCUT2D eigenvalue weighted by molar-refractivity contribution is -0.154. The van der Waals surface area contributed by atoms with Crippen molar-refractivity contribution in [1.82, 2.24) is 9.80 Å². The maximum atomic E-state index is 14.3. The minimum Gasteiger partial charge on any atom is -0.465 e. The van der Waals surface area contributed by atoms with E-state index in [-0.39, 0.29) is 47.0 Å². The zero-order valence-electron chi connectivity index (χ0n) is 21.7. The summed E-state index contributed by atoms with van der Waals surface area (Å²) in [4.78, 5) is 45.2. The van der Waals surface area contributed by atoms with Gasteiger partial charge in [0, 0.05) is 23.2 Å². The number of amides is 2. The third-order valence-corrected chi connectivity index (χ3v) is 11.0. The Hall–Kier alpha value is -1.32. The third-order valence-electron chi connectivity index (χ3n) is 7.81. The molecule has 0 aliphatic carbocycles. The van der Waals surface area contributed by atoms with Crippen LogP contribution in [-0.4, -0.2) is 85.9 Å². The maximum Gasteiger partial charge on any atom is 0.310 e. The van der Waals surface area contributed by atoms with Gasteiger partial charge in [-0.05, 0) is 25.2 Å². The number of likely N-dealkylation sites (tertiary alicyclic amines) is 1. The van der Waals surface area contributed by atoms with Crippen LogP contribution in [0.25, 0.3) is 0 Å². The lowest BCUT2D eigenvalue weighted by Crippen LogP contribution is -2.58. The Labute approximate surface area is 228 Å². The number of rotatable bonds is 14. The van der Waals surface area contributed by atoms with Crippen molar-refractivity contribution in [2.45, 2.75) is 79.8 Å². The molecule has 7 atom stereocenters. The van der Waals surface area contributed by atoms with E-state index >= 15 is 0 Å². The summed E-state index contributed by atoms with van der Waals surface area (Å²) in [5.41, 5.74) is 0. The first-order chi connectivity index (χ1) is 17.2. The van der Waals surface area contributed by atoms with Gasteiger partial charge in [0.2, 0.25) is 11.8 Å². The van der Waals surface area contributed by atoms with Crippen molar-refractivity contribution in [3.63, 3.8) is 0 Å². The van der Waals surface area contributed by atoms with Crippen LogP contribution in [0, 0.1) is 17.8 Å². The van der Waals surface area contributed by atoms with E-state index < -0.39 is 28.7 Å². The van der Waals surface area contributed by atoms with Crippen molar-refractivity contribution in [2.24, 2.45) is 17.8 Å². The molecule has 36 heavy (non-hydrogen) atoms. The van der Waals surface area contributed by atoms with Gasteiger partial charge >= 0.3 is 5.97 Å². The average Bonchev–Trinajstić information content (AvgIpc) is 3.42. The number of aliphatic hydroxyl groups excluding tert-OH is 1. The number of unbranched alkanes of at least 4 members (excludes halogenated alkanes) is 2. The summed E-state index contributed by atoms with van der Waals surface area (Å²) in [6.07, 6.45) is 7.47. The molecule has 3 unspecified atom stereocenters. The second-order valence-electron chi connectivity index (χ2n) is 10.4. The van der Waals surface area contributed by atoms with Crippen LogP contribution in [0.4, 0.5) is 0 Å². The van der Waals surface area contributed by atoms with Gasteiger partial charge in [0.15, 0.2) is 0 Å². The smallest absolute Gasteiger partial charge is 0.310 e. The van der Waals surface area contributed by atoms with Crippen molar-refractivity contribution in [2.75, 3.05) is 26.3 Å². The molecule has 3 fully saturated rings. The molecule has 3 heterocycles. The highest BCUT2D eigenvalue weighted by molar-refractivity contribution is 9.09. The van der Waals surface area contributed by atoms with E-state index in [9.17, 15) is 19.5 Å². The van der Waals surface area contributed by atoms with E-state index in [1.807, 2.05) is 13.8 Å². The molecule has 2 bridgehead atoms. The van der Waals surface area contributed by atoms with Crippen molar-refractivity contribution < 1.29 is 24.2 Å². The molecule has 3 saturated heterocycles. The average molecular weight is 586 g/mol. The summed E-state index contributed by atoms with van der Waals surface area (Å²) in [7, 11) is 0. The molecule has 0 aromatic heterocycles. The monoisotopic (exact) mass is 584 g/mol. The fourth-order valence-corrected chi connectivity index (χ4v) is 9.69. The molecule has 1 N–H and O–H groups in total. The number of thioether (sulfide) groups is 1. The van der Waals surface area contributed by atoms with Crippen LogP contribution in [0.3, 0.4) is 0 Å². The Kier molecular flexibility index (Phi) is 10.1. The summed E-state index contributed by atoms with van der Waals surface area (Å²) < 4.78 is 4.82. The molecule has 9 heteroatoms. The molecule has 3 rings (SSSR count). The predicted molar refractivity (Wildman–Crippen MR) is 147 cm³/mol. The summed E-state index contributed by atoms with van der Waals surface area (Å²) in [5, 5.41) is 10.2. The molecule has 202 valence electrons. The first-order valence-electron chi connectivity index (χ1n) is 13.1. The number of esters is 1. The highest BCUT2D eigenvalue weighted by Crippen LogP contribution is 2.68. The quantitative estimate of drug-likeness (QED) is 0.145. The van der Waals surface area contributed by atoms with Gasteiger partial charge < -0.3 is 19.6 Å². The Morgan fingerprint density at radius 2 is 2.06 bits per heavy atom. The van der Waals surface area contributed by atoms with E-state index in [4.69, 9.17) is 4.74 Å². The number of ether oxygens (including phenoxy) is 1. The van der Waals surface area contributed by atoms with E-state index in [0.29, 0.717) is 25.9 Å². The number of hydrogen-bond donors (Lipinski definition) is 1. The fourth-order valence-electron chi connectivity index (χ4n) is 6.11. The van der Waals surface area contributed by atoms with Crippen LogP contribution in [-0.2, 0) is 19.1 Å². The van der Waals surface area contributed by atoms with Crippen molar-refractivity contribution in [1.29, 1.82) is 0 Å². The zero-order valence-corrected chi connectivity index (χ0v) is 24.1. The van der Waals surface area contributed by atoms with E-state index in [0.717, 1.165) is 19.3 Å². The van der Waals surface area contributed by atoms with Gasteiger partial charge in [-0.3, -0.25) is 14.4 Å². The van der Waals surface area contributed by atoms with Gasteiger partial charge in [-0.25, -0.2) is 0 Å². The molecule has 1 spiro atoms. The number of hydrogen-bond acceptors (Lipinski definition) is 6. The van der Waals surface area contributed by atoms with Crippen LogP contribution in [0.5, 0.6) is 0 Å². The molecule has 7 nitrogen and oxygen atoms in total. The first-order valence-corrected chi connectivity index (χ1v) is 14.9. The normalized spacial score (nSPS) is 31.4. The molecule has 0 aromatic rings. The molecular formula is C27H41BrN2O5S. The van der Waals surface area contributed by atoms with Crippen LogP contribution in [0.1, 0.15) is 52.9 Å². The molecule has 0 aromatic carbocycles. The molecule has 3 aliphatic heterocycles. The third kappa shape index (κ3) is 5.17. The summed E-state index contributed by atoms with van der Waals surface area (Å²) in [6, 6.07) is -1.27. The van der Waals surface area contributed by atoms with E-state index in [1.165, 1.54) is 0 Å². The van der Waals surface area contributed by atoms with Crippen molar-refractivity contribution >= 4 is 45.5 Å². The van der Waals surface area contributed by atoms with Gasteiger partial charge in [0.1, 0.15) is 6.04 Å². The predicted octanol–water partition coefficient (Wildman–Crippen LogP) is 3.79. The lowest BCUT2D eigenvalue weighted by atomic mass is 9.71. The molecule has 0 radical (unpaired) electrons. The number of nitrogens with zero attached hydrogens (tertiary/aromatic N) is 2. The number of carbonyl (C=O) groups excluding carboxylic acids is 3. The van der Waals surface area contributed by atoms with Gasteiger partial charge in [0.25, 0.3) is 0 Å². The molecular weight excluding hydrogens is 544 g/mol. The Bertz CT molecular complexity index is 854. The molecule has 2 amide bonds. The number of carbonyl (C=O) groups is 3. The highest BCUT2D eigenvalue weighted by atomic mass is 79.9. The van der Waals surface area contributed by atoms with Gasteiger partial charge in [-0.2, -0.15) is 0 Å². The fraction of sp³-hybridized carbons (Fsp3) is 0.741. The largest absolute Gasteiger partial charge is 0.465 e. The van der Waals surface area contributed by atoms with Gasteiger partial charge in [-0.15, -0.1) is 24.9 Å². The lowest BCUT2D eigenvalue weighted by Gasteiger charge is -2.41. The summed E-state index contributed by atoms with van der Waals surface area (Å²) >= 11 is 5.37. The molecule has 3 aliphatic rings. The standard InChI is InChI=1S/C27H41BrN2O5S/c1-6-9-11-13-29(12-8-3)25(33)23-27-15-18(28)22(36-27)20(26(34)35-14-10-7-2)21(27)24(32)30(23)19(16-31)17(4)5/h7-8,17-23,31H,2-3,6,9-16H2,1,4-5H3/t18?,19-,20+,21-,22+,23?,27?/m0/s1. The summed E-state index contributed by atoms with van der Waals surface area (Å²) in [6.45, 7) is 14.5. The van der Waals surface area contributed by atoms with Crippen molar-refractivity contribution in [3.05, 3.63) is 25.3 Å². The van der Waals surface area contributed by atoms with Crippen LogP contribution >= 0.6 is 27.7 Å². The van der Waals surface area contributed by atoms with Crippen LogP contribution in [0.2, 0.25) is 0 Å². The number of halogens is 1. The zero-order chi connectivity index (χ0) is 26.6. The van der Waals surface area contributed by atoms with Crippen molar-refractivity contribution in [3.8, 4) is 0 Å². The Balaban J connectivity index is 2.05. The van der Waals surface area contributed by atoms with Gasteiger partial charge in [-0.1, -0.05) is 61.7 Å². The maximum absolute atomic E-state index is 14.3. The number of fused-ring (bicyclic) bond motifs is 1. The van der Waals surface area contributed by atoms with E-state index in [2.05, 4.69) is 36.0 Å². The van der Waals surface area contributed by atoms with Gasteiger partial charge in [0.05, 0.1) is 35.8 Å². The highest BCUT2D eigenvalue weighted by Gasteiger charge is 2.76. The Morgan fingerprint density at radius 3 is 2.64 bits per heavy atom. The first kappa shape index (κ1) is 29.2. The Morgan fingerprint density at radius 1 is 1.33 bits per heavy atom. The number of aliphatic hydroxyl groups is 1. The minimum atomic E-state index is -0.753. The van der Waals surface area contributed by atoms with Crippen LogP contribution in [0.15, 0.2) is 25.3 Å².